The lowest BCUT2D eigenvalue weighted by Crippen LogP contribution is -2.44. The van der Waals surface area contributed by atoms with Gasteiger partial charge in [0, 0.05) is 13.5 Å². The normalized spacial score (nSPS) is 11.8. The molecule has 0 spiro atoms. The molecule has 1 heterocycles. The number of carboxylic acids is 1. The fraction of sp³-hybridized carbons (Fsp3) is 0.353. The molecule has 0 aliphatic heterocycles. The Balaban J connectivity index is 1.94. The summed E-state index contributed by atoms with van der Waals surface area (Å²) in [4.78, 5) is 23.4. The number of hydrogen-bond acceptors (Lipinski definition) is 4. The predicted molar refractivity (Wildman–Crippen MR) is 87.9 cm³/mol. The molecule has 7 heteroatoms. The summed E-state index contributed by atoms with van der Waals surface area (Å²) in [7, 11) is 1.79. The summed E-state index contributed by atoms with van der Waals surface area (Å²) in [5, 5.41) is 16.0. The zero-order valence-corrected chi connectivity index (χ0v) is 13.9. The van der Waals surface area contributed by atoms with E-state index in [-0.39, 0.29) is 13.0 Å². The quantitative estimate of drug-likeness (QED) is 0.796. The molecular formula is C17H21N3O4. The molecule has 0 aliphatic carbocycles. The second-order valence-corrected chi connectivity index (χ2v) is 5.56. The van der Waals surface area contributed by atoms with Crippen LogP contribution in [0.2, 0.25) is 0 Å². The minimum Gasteiger partial charge on any atom is -0.480 e. The molecule has 0 saturated carbocycles. The zero-order chi connectivity index (χ0) is 17.7. The fourth-order valence-electron chi connectivity index (χ4n) is 2.39. The molecule has 7 nitrogen and oxygen atoms in total. The van der Waals surface area contributed by atoms with Gasteiger partial charge < -0.3 is 15.2 Å². The molecule has 1 atom stereocenters. The van der Waals surface area contributed by atoms with E-state index in [4.69, 9.17) is 4.74 Å². The number of aliphatic carboxylic acids is 1. The molecule has 2 rings (SSSR count). The van der Waals surface area contributed by atoms with Crippen LogP contribution in [0.25, 0.3) is 0 Å². The number of ether oxygens (including phenoxy) is 1. The molecule has 1 amide bonds. The van der Waals surface area contributed by atoms with E-state index in [1.165, 1.54) is 0 Å². The molecular weight excluding hydrogens is 310 g/mol. The van der Waals surface area contributed by atoms with Crippen molar-refractivity contribution in [2.24, 2.45) is 7.05 Å². The summed E-state index contributed by atoms with van der Waals surface area (Å²) in [6.07, 6.45) is 0.215. The second-order valence-electron chi connectivity index (χ2n) is 5.56. The molecule has 0 bridgehead atoms. The van der Waals surface area contributed by atoms with Gasteiger partial charge in [-0.3, -0.25) is 9.48 Å². The molecule has 0 saturated heterocycles. The van der Waals surface area contributed by atoms with Gasteiger partial charge in [0.15, 0.2) is 12.4 Å². The monoisotopic (exact) mass is 331 g/mol. The molecule has 2 N–H and O–H groups in total. The number of benzene rings is 1. The molecule has 0 fully saturated rings. The van der Waals surface area contributed by atoms with Crippen LogP contribution in [0.1, 0.15) is 17.0 Å². The van der Waals surface area contributed by atoms with Crippen molar-refractivity contribution in [3.8, 4) is 5.75 Å². The van der Waals surface area contributed by atoms with Crippen LogP contribution in [-0.2, 0) is 23.1 Å². The third-order valence-electron chi connectivity index (χ3n) is 3.71. The van der Waals surface area contributed by atoms with Gasteiger partial charge in [0.05, 0.1) is 5.69 Å². The van der Waals surface area contributed by atoms with Crippen LogP contribution in [0.15, 0.2) is 30.3 Å². The smallest absolute Gasteiger partial charge is 0.326 e. The molecule has 0 unspecified atom stereocenters. The first-order valence-corrected chi connectivity index (χ1v) is 7.57. The first-order chi connectivity index (χ1) is 11.4. The van der Waals surface area contributed by atoms with E-state index in [0.717, 1.165) is 11.3 Å². The predicted octanol–water partition coefficient (Wildman–Crippen LogP) is 1.23. The number of carboxylic acid groups (broad SMARTS) is 1. The van der Waals surface area contributed by atoms with Crippen molar-refractivity contribution in [3.05, 3.63) is 47.3 Å². The summed E-state index contributed by atoms with van der Waals surface area (Å²) in [6.45, 7) is 3.37. The number of aryl methyl sites for hydroxylation is 2. The van der Waals surface area contributed by atoms with Crippen LogP contribution >= 0.6 is 0 Å². The first-order valence-electron chi connectivity index (χ1n) is 7.57. The van der Waals surface area contributed by atoms with Crippen LogP contribution < -0.4 is 10.1 Å². The Bertz CT molecular complexity index is 725. The van der Waals surface area contributed by atoms with Crippen LogP contribution in [0.3, 0.4) is 0 Å². The highest BCUT2D eigenvalue weighted by Crippen LogP contribution is 2.21. The lowest BCUT2D eigenvalue weighted by atomic mass is 10.1. The number of nitrogens with one attached hydrogen (secondary N) is 1. The Morgan fingerprint density at radius 1 is 1.29 bits per heavy atom. The van der Waals surface area contributed by atoms with Crippen molar-refractivity contribution in [1.82, 2.24) is 15.1 Å². The molecule has 24 heavy (non-hydrogen) atoms. The third-order valence-corrected chi connectivity index (χ3v) is 3.71. The molecule has 128 valence electrons. The average molecular weight is 331 g/mol. The maximum atomic E-state index is 12.0. The maximum absolute atomic E-state index is 12.0. The van der Waals surface area contributed by atoms with Crippen LogP contribution in [0.5, 0.6) is 5.75 Å². The Labute approximate surface area is 140 Å². The Morgan fingerprint density at radius 3 is 2.50 bits per heavy atom. The minimum atomic E-state index is -1.08. The fourth-order valence-corrected chi connectivity index (χ4v) is 2.39. The number of amides is 1. The largest absolute Gasteiger partial charge is 0.480 e. The topological polar surface area (TPSA) is 93.5 Å². The van der Waals surface area contributed by atoms with E-state index in [2.05, 4.69) is 10.4 Å². The van der Waals surface area contributed by atoms with Gasteiger partial charge in [-0.05, 0) is 19.4 Å². The number of rotatable bonds is 7. The summed E-state index contributed by atoms with van der Waals surface area (Å²) < 4.78 is 7.16. The molecule has 2 aromatic rings. The van der Waals surface area contributed by atoms with Gasteiger partial charge >= 0.3 is 5.97 Å². The minimum absolute atomic E-state index is 0.215. The van der Waals surface area contributed by atoms with E-state index in [1.807, 2.05) is 37.3 Å². The highest BCUT2D eigenvalue weighted by Gasteiger charge is 2.21. The van der Waals surface area contributed by atoms with Gasteiger partial charge in [-0.25, -0.2) is 4.79 Å². The average Bonchev–Trinajstić information content (AvgIpc) is 2.78. The van der Waals surface area contributed by atoms with Gasteiger partial charge in [0.2, 0.25) is 0 Å². The molecule has 1 aromatic carbocycles. The maximum Gasteiger partial charge on any atom is 0.326 e. The van der Waals surface area contributed by atoms with E-state index in [0.29, 0.717) is 11.4 Å². The summed E-state index contributed by atoms with van der Waals surface area (Å²) in [5.74, 6) is -1.02. The second kappa shape index (κ2) is 7.63. The Hall–Kier alpha value is -2.83. The lowest BCUT2D eigenvalue weighted by molar-refractivity contribution is -0.142. The number of carbonyl (C=O) groups is 2. The third kappa shape index (κ3) is 4.34. The van der Waals surface area contributed by atoms with Crippen molar-refractivity contribution in [1.29, 1.82) is 0 Å². The van der Waals surface area contributed by atoms with Crippen molar-refractivity contribution >= 4 is 11.9 Å². The summed E-state index contributed by atoms with van der Waals surface area (Å²) in [6, 6.07) is 8.14. The molecule has 0 aliphatic rings. The van der Waals surface area contributed by atoms with Gasteiger partial charge in [-0.15, -0.1) is 0 Å². The van der Waals surface area contributed by atoms with Crippen LogP contribution in [0, 0.1) is 13.8 Å². The molecule has 0 radical (unpaired) electrons. The summed E-state index contributed by atoms with van der Waals surface area (Å²) in [5.41, 5.74) is 2.33. The first kappa shape index (κ1) is 17.5. The lowest BCUT2D eigenvalue weighted by Gasteiger charge is -2.15. The number of aromatic nitrogens is 2. The van der Waals surface area contributed by atoms with E-state index >= 15 is 0 Å². The standard InChI is InChI=1S/C17H21N3O4/c1-11-16(12(2)20(3)19-11)24-10-15(21)18-14(17(22)23)9-13-7-5-4-6-8-13/h4-8,14H,9-10H2,1-3H3,(H,18,21)(H,22,23)/t14-/m1/s1. The van der Waals surface area contributed by atoms with Crippen molar-refractivity contribution < 1.29 is 19.4 Å². The van der Waals surface area contributed by atoms with E-state index in [9.17, 15) is 14.7 Å². The number of nitrogens with zero attached hydrogens (tertiary/aromatic N) is 2. The van der Waals surface area contributed by atoms with Gasteiger partial charge in [0.25, 0.3) is 5.91 Å². The summed E-state index contributed by atoms with van der Waals surface area (Å²) >= 11 is 0. The van der Waals surface area contributed by atoms with Gasteiger partial charge in [-0.1, -0.05) is 30.3 Å². The van der Waals surface area contributed by atoms with Crippen molar-refractivity contribution in [2.45, 2.75) is 26.3 Å². The highest BCUT2D eigenvalue weighted by molar-refractivity contribution is 5.84. The number of hydrogen-bond donors (Lipinski definition) is 2. The number of carbonyl (C=O) groups excluding carboxylic acids is 1. The van der Waals surface area contributed by atoms with Crippen LogP contribution in [-0.4, -0.2) is 39.4 Å². The van der Waals surface area contributed by atoms with Crippen LogP contribution in [0.4, 0.5) is 0 Å². The van der Waals surface area contributed by atoms with Crippen molar-refractivity contribution in [3.63, 3.8) is 0 Å². The van der Waals surface area contributed by atoms with Crippen molar-refractivity contribution in [2.75, 3.05) is 6.61 Å². The van der Waals surface area contributed by atoms with Gasteiger partial charge in [0.1, 0.15) is 11.7 Å². The van der Waals surface area contributed by atoms with E-state index in [1.54, 1.807) is 18.7 Å². The highest BCUT2D eigenvalue weighted by atomic mass is 16.5. The molecule has 1 aromatic heterocycles. The Morgan fingerprint density at radius 2 is 1.96 bits per heavy atom. The zero-order valence-electron chi connectivity index (χ0n) is 13.9. The SMILES string of the molecule is Cc1nn(C)c(C)c1OCC(=O)N[C@H](Cc1ccccc1)C(=O)O. The van der Waals surface area contributed by atoms with E-state index < -0.39 is 17.9 Å². The van der Waals surface area contributed by atoms with Gasteiger partial charge in [-0.2, -0.15) is 5.10 Å². The Kier molecular flexibility index (Phi) is 5.57.